The smallest absolute Gasteiger partial charge is 0.251 e. The van der Waals surface area contributed by atoms with Crippen LogP contribution in [0.1, 0.15) is 62.0 Å². The number of benzene rings is 1. The molecule has 1 amide bonds. The van der Waals surface area contributed by atoms with E-state index in [2.05, 4.69) is 39.1 Å². The van der Waals surface area contributed by atoms with Gasteiger partial charge in [-0.3, -0.25) is 4.79 Å². The molecule has 4 heteroatoms. The van der Waals surface area contributed by atoms with Gasteiger partial charge in [0.25, 0.3) is 5.91 Å². The lowest BCUT2D eigenvalue weighted by atomic mass is 9.63. The molecule has 2 rings (SSSR count). The molecule has 0 saturated heterocycles. The second-order valence-electron chi connectivity index (χ2n) is 7.85. The quantitative estimate of drug-likeness (QED) is 0.877. The Kier molecular flexibility index (Phi) is 5.17. The van der Waals surface area contributed by atoms with Crippen LogP contribution >= 0.6 is 0 Å². The van der Waals surface area contributed by atoms with Crippen molar-refractivity contribution in [3.63, 3.8) is 0 Å². The number of carbonyl (C=O) groups is 1. The van der Waals surface area contributed by atoms with Crippen LogP contribution in [0.5, 0.6) is 0 Å². The molecular formula is C19H29NO3. The molecule has 0 heterocycles. The molecule has 0 aromatic heterocycles. The van der Waals surface area contributed by atoms with E-state index < -0.39 is 6.10 Å². The fraction of sp³-hybridized carbons (Fsp3) is 0.632. The van der Waals surface area contributed by atoms with E-state index in [1.807, 2.05) is 12.1 Å². The molecule has 23 heavy (non-hydrogen) atoms. The van der Waals surface area contributed by atoms with Crippen molar-refractivity contribution in [1.82, 2.24) is 5.32 Å². The van der Waals surface area contributed by atoms with Crippen molar-refractivity contribution in [1.29, 1.82) is 0 Å². The molecule has 2 N–H and O–H groups in total. The number of carbonyl (C=O) groups excluding carboxylic acids is 1. The number of methoxy groups -OCH3 is 1. The van der Waals surface area contributed by atoms with Crippen LogP contribution in [0.15, 0.2) is 18.2 Å². The average Bonchev–Trinajstić information content (AvgIpc) is 2.49. The molecule has 1 aliphatic carbocycles. The zero-order chi connectivity index (χ0) is 17.3. The number of aliphatic hydroxyl groups excluding tert-OH is 1. The van der Waals surface area contributed by atoms with Crippen molar-refractivity contribution in [2.75, 3.05) is 20.3 Å². The Bertz CT molecular complexity index is 578. The maximum absolute atomic E-state index is 12.3. The first kappa shape index (κ1) is 18.0. The number of ether oxygens (including phenoxy) is 1. The van der Waals surface area contributed by atoms with Crippen LogP contribution in [0.3, 0.4) is 0 Å². The predicted octanol–water partition coefficient (Wildman–Crippen LogP) is 2.77. The minimum Gasteiger partial charge on any atom is -0.389 e. The van der Waals surface area contributed by atoms with Gasteiger partial charge in [0.2, 0.25) is 0 Å². The van der Waals surface area contributed by atoms with Gasteiger partial charge in [-0.2, -0.15) is 0 Å². The normalized spacial score (nSPS) is 19.7. The topological polar surface area (TPSA) is 58.6 Å². The van der Waals surface area contributed by atoms with E-state index in [1.54, 1.807) is 0 Å². The van der Waals surface area contributed by atoms with Gasteiger partial charge < -0.3 is 15.2 Å². The number of nitrogens with one attached hydrogen (secondary N) is 1. The van der Waals surface area contributed by atoms with Crippen LogP contribution in [0, 0.1) is 0 Å². The molecule has 4 nitrogen and oxygen atoms in total. The van der Waals surface area contributed by atoms with Crippen molar-refractivity contribution in [3.8, 4) is 0 Å². The molecule has 0 spiro atoms. The van der Waals surface area contributed by atoms with Crippen LogP contribution in [0.2, 0.25) is 0 Å². The van der Waals surface area contributed by atoms with Crippen LogP contribution in [0.4, 0.5) is 0 Å². The molecule has 1 atom stereocenters. The Morgan fingerprint density at radius 1 is 1.22 bits per heavy atom. The monoisotopic (exact) mass is 319 g/mol. The third kappa shape index (κ3) is 3.93. The zero-order valence-electron chi connectivity index (χ0n) is 14.9. The summed E-state index contributed by atoms with van der Waals surface area (Å²) in [6, 6.07) is 6.00. The third-order valence-corrected chi connectivity index (χ3v) is 4.97. The highest BCUT2D eigenvalue weighted by Gasteiger charge is 2.37. The summed E-state index contributed by atoms with van der Waals surface area (Å²) in [5.74, 6) is -0.151. The lowest BCUT2D eigenvalue weighted by molar-refractivity contribution is 0.0609. The Morgan fingerprint density at radius 3 is 2.43 bits per heavy atom. The Morgan fingerprint density at radius 2 is 1.83 bits per heavy atom. The van der Waals surface area contributed by atoms with Gasteiger partial charge in [-0.15, -0.1) is 0 Å². The Balaban J connectivity index is 2.21. The number of fused-ring (bicyclic) bond motifs is 1. The number of hydrogen-bond acceptors (Lipinski definition) is 3. The summed E-state index contributed by atoms with van der Waals surface area (Å²) in [6.07, 6.45) is 1.59. The summed E-state index contributed by atoms with van der Waals surface area (Å²) < 4.78 is 4.86. The van der Waals surface area contributed by atoms with Crippen LogP contribution in [-0.2, 0) is 15.6 Å². The first-order valence-electron chi connectivity index (χ1n) is 8.27. The SMILES string of the molecule is COC[C@@H](O)CNC(=O)c1ccc2c(c1)C(C)(C)CCC2(C)C. The summed E-state index contributed by atoms with van der Waals surface area (Å²) in [4.78, 5) is 12.3. The third-order valence-electron chi connectivity index (χ3n) is 4.97. The van der Waals surface area contributed by atoms with E-state index >= 15 is 0 Å². The number of rotatable bonds is 5. The lowest BCUT2D eigenvalue weighted by Gasteiger charge is -2.42. The van der Waals surface area contributed by atoms with Gasteiger partial charge in [0.15, 0.2) is 0 Å². The summed E-state index contributed by atoms with van der Waals surface area (Å²) in [5, 5.41) is 12.4. The molecule has 1 aromatic rings. The fourth-order valence-corrected chi connectivity index (χ4v) is 3.29. The van der Waals surface area contributed by atoms with Gasteiger partial charge in [0, 0.05) is 19.2 Å². The maximum atomic E-state index is 12.3. The summed E-state index contributed by atoms with van der Waals surface area (Å²) in [7, 11) is 1.53. The van der Waals surface area contributed by atoms with E-state index in [4.69, 9.17) is 4.74 Å². The molecule has 0 unspecified atom stereocenters. The second kappa shape index (κ2) is 6.62. The Labute approximate surface area is 139 Å². The molecule has 1 aromatic carbocycles. The highest BCUT2D eigenvalue weighted by molar-refractivity contribution is 5.94. The lowest BCUT2D eigenvalue weighted by Crippen LogP contribution is -2.36. The molecule has 128 valence electrons. The fourth-order valence-electron chi connectivity index (χ4n) is 3.29. The van der Waals surface area contributed by atoms with Gasteiger partial charge in [-0.25, -0.2) is 0 Å². The van der Waals surface area contributed by atoms with E-state index in [0.29, 0.717) is 5.56 Å². The van der Waals surface area contributed by atoms with Crippen molar-refractivity contribution in [2.45, 2.75) is 57.5 Å². The minimum atomic E-state index is -0.683. The molecule has 0 bridgehead atoms. The number of amides is 1. The van der Waals surface area contributed by atoms with Crippen LogP contribution in [-0.4, -0.2) is 37.4 Å². The van der Waals surface area contributed by atoms with Gasteiger partial charge in [0.1, 0.15) is 0 Å². The van der Waals surface area contributed by atoms with Gasteiger partial charge in [-0.1, -0.05) is 33.8 Å². The van der Waals surface area contributed by atoms with Crippen molar-refractivity contribution >= 4 is 5.91 Å². The first-order chi connectivity index (χ1) is 10.7. The molecule has 0 radical (unpaired) electrons. The Hall–Kier alpha value is -1.39. The van der Waals surface area contributed by atoms with Crippen molar-refractivity contribution < 1.29 is 14.6 Å². The summed E-state index contributed by atoms with van der Waals surface area (Å²) in [6.45, 7) is 9.42. The van der Waals surface area contributed by atoms with Crippen molar-refractivity contribution in [2.24, 2.45) is 0 Å². The first-order valence-corrected chi connectivity index (χ1v) is 8.27. The molecular weight excluding hydrogens is 290 g/mol. The minimum absolute atomic E-state index is 0.0801. The molecule has 0 saturated carbocycles. The van der Waals surface area contributed by atoms with Gasteiger partial charge in [-0.05, 0) is 46.9 Å². The maximum Gasteiger partial charge on any atom is 0.251 e. The van der Waals surface area contributed by atoms with Crippen LogP contribution in [0.25, 0.3) is 0 Å². The molecule has 1 aliphatic rings. The van der Waals surface area contributed by atoms with E-state index in [1.165, 1.54) is 18.2 Å². The standard InChI is InChI=1S/C19H29NO3/c1-18(2)8-9-19(3,4)16-10-13(6-7-15(16)18)17(22)20-11-14(21)12-23-5/h6-7,10,14,21H,8-9,11-12H2,1-5H3,(H,20,22)/t14-/m0/s1. The van der Waals surface area contributed by atoms with Crippen molar-refractivity contribution in [3.05, 3.63) is 34.9 Å². The highest BCUT2D eigenvalue weighted by Crippen LogP contribution is 2.45. The predicted molar refractivity (Wildman–Crippen MR) is 91.9 cm³/mol. The van der Waals surface area contributed by atoms with Crippen LogP contribution < -0.4 is 5.32 Å². The zero-order valence-corrected chi connectivity index (χ0v) is 14.9. The molecule has 0 fully saturated rings. The second-order valence-corrected chi connectivity index (χ2v) is 7.85. The van der Waals surface area contributed by atoms with Gasteiger partial charge in [0.05, 0.1) is 12.7 Å². The highest BCUT2D eigenvalue weighted by atomic mass is 16.5. The van der Waals surface area contributed by atoms with E-state index in [-0.39, 0.29) is 29.9 Å². The number of aliphatic hydroxyl groups is 1. The molecule has 0 aliphatic heterocycles. The number of hydrogen-bond donors (Lipinski definition) is 2. The average molecular weight is 319 g/mol. The summed E-state index contributed by atoms with van der Waals surface area (Å²) in [5.41, 5.74) is 3.48. The van der Waals surface area contributed by atoms with E-state index in [9.17, 15) is 9.90 Å². The van der Waals surface area contributed by atoms with Gasteiger partial charge >= 0.3 is 0 Å². The van der Waals surface area contributed by atoms with E-state index in [0.717, 1.165) is 12.8 Å². The largest absolute Gasteiger partial charge is 0.389 e. The summed E-state index contributed by atoms with van der Waals surface area (Å²) >= 11 is 0.